The molecule has 4 rings (SSSR count). The number of furan rings is 1. The highest BCUT2D eigenvalue weighted by atomic mass is 35.5. The van der Waals surface area contributed by atoms with Crippen LogP contribution in [0.25, 0.3) is 10.9 Å². The number of benzene rings is 2. The van der Waals surface area contributed by atoms with Crippen LogP contribution in [-0.2, 0) is 29.2 Å². The SMILES string of the molecule is Cc1ccc(Cl)cc1NC(=O)Cn1c(=O)n(CCCC(=O)NCc2ccco2)c(=O)c2ccccc21. The number of aryl methyl sites for hydroxylation is 1. The molecule has 9 nitrogen and oxygen atoms in total. The molecule has 0 fully saturated rings. The summed E-state index contributed by atoms with van der Waals surface area (Å²) in [5.41, 5.74) is 0.637. The number of carbonyl (C=O) groups is 2. The summed E-state index contributed by atoms with van der Waals surface area (Å²) in [6.45, 7) is 1.83. The second kappa shape index (κ2) is 11.1. The summed E-state index contributed by atoms with van der Waals surface area (Å²) in [5, 5.41) is 6.30. The number of carbonyl (C=O) groups excluding carboxylic acids is 2. The van der Waals surface area contributed by atoms with Crippen molar-refractivity contribution >= 4 is 40.0 Å². The molecule has 0 aliphatic carbocycles. The Labute approximate surface area is 211 Å². The van der Waals surface area contributed by atoms with E-state index in [0.29, 0.717) is 27.4 Å². The Morgan fingerprint density at radius 3 is 2.58 bits per heavy atom. The monoisotopic (exact) mass is 508 g/mol. The fourth-order valence-corrected chi connectivity index (χ4v) is 4.04. The lowest BCUT2D eigenvalue weighted by molar-refractivity contribution is -0.121. The molecule has 2 aromatic carbocycles. The first-order valence-electron chi connectivity index (χ1n) is 11.4. The highest BCUT2D eigenvalue weighted by Gasteiger charge is 2.16. The lowest BCUT2D eigenvalue weighted by Crippen LogP contribution is -2.42. The van der Waals surface area contributed by atoms with Crippen molar-refractivity contribution in [2.45, 2.75) is 39.4 Å². The fraction of sp³-hybridized carbons (Fsp3) is 0.231. The summed E-state index contributed by atoms with van der Waals surface area (Å²) in [6.07, 6.45) is 1.91. The lowest BCUT2D eigenvalue weighted by atomic mass is 10.2. The van der Waals surface area contributed by atoms with Gasteiger partial charge in [0.2, 0.25) is 11.8 Å². The average Bonchev–Trinajstić information content (AvgIpc) is 3.39. The average molecular weight is 509 g/mol. The van der Waals surface area contributed by atoms with E-state index >= 15 is 0 Å². The van der Waals surface area contributed by atoms with Crippen molar-refractivity contribution in [1.29, 1.82) is 0 Å². The maximum absolute atomic E-state index is 13.3. The van der Waals surface area contributed by atoms with Gasteiger partial charge in [0.15, 0.2) is 0 Å². The summed E-state index contributed by atoms with van der Waals surface area (Å²) in [4.78, 5) is 51.3. The molecule has 0 aliphatic rings. The summed E-state index contributed by atoms with van der Waals surface area (Å²) in [7, 11) is 0. The minimum atomic E-state index is -0.618. The Bertz CT molecular complexity index is 1520. The maximum atomic E-state index is 13.3. The molecular weight excluding hydrogens is 484 g/mol. The molecule has 0 saturated heterocycles. The molecule has 36 heavy (non-hydrogen) atoms. The minimum absolute atomic E-state index is 0.0334. The zero-order chi connectivity index (χ0) is 25.7. The van der Waals surface area contributed by atoms with Gasteiger partial charge in [-0.25, -0.2) is 4.79 Å². The van der Waals surface area contributed by atoms with Crippen molar-refractivity contribution in [3.05, 3.63) is 98.0 Å². The quantitative estimate of drug-likeness (QED) is 0.359. The van der Waals surface area contributed by atoms with Crippen molar-refractivity contribution in [3.63, 3.8) is 0 Å². The maximum Gasteiger partial charge on any atom is 0.331 e. The van der Waals surface area contributed by atoms with Gasteiger partial charge < -0.3 is 15.1 Å². The number of halogens is 1. The Hall–Kier alpha value is -4.11. The number of nitrogens with one attached hydrogen (secondary N) is 2. The molecule has 10 heteroatoms. The molecule has 186 valence electrons. The van der Waals surface area contributed by atoms with Crippen molar-refractivity contribution in [2.75, 3.05) is 5.32 Å². The molecule has 0 spiro atoms. The van der Waals surface area contributed by atoms with E-state index in [1.807, 2.05) is 6.92 Å². The van der Waals surface area contributed by atoms with Gasteiger partial charge in [0.25, 0.3) is 5.56 Å². The van der Waals surface area contributed by atoms with Crippen molar-refractivity contribution in [2.24, 2.45) is 0 Å². The van der Waals surface area contributed by atoms with Gasteiger partial charge in [-0.3, -0.25) is 23.5 Å². The standard InChI is InChI=1S/C26H25ClN4O5/c1-17-10-11-18(27)14-21(17)29-24(33)16-31-22-8-3-2-7-20(22)25(34)30(26(31)35)12-4-9-23(32)28-15-19-6-5-13-36-19/h2-3,5-8,10-11,13-14H,4,9,12,15-16H2,1H3,(H,28,32)(H,29,33). The van der Waals surface area contributed by atoms with E-state index in [4.69, 9.17) is 16.0 Å². The zero-order valence-corrected chi connectivity index (χ0v) is 20.4. The van der Waals surface area contributed by atoms with Crippen LogP contribution in [0.3, 0.4) is 0 Å². The largest absolute Gasteiger partial charge is 0.467 e. The van der Waals surface area contributed by atoms with Crippen LogP contribution in [0.4, 0.5) is 5.69 Å². The summed E-state index contributed by atoms with van der Waals surface area (Å²) in [5.74, 6) is -0.0322. The van der Waals surface area contributed by atoms with Crippen LogP contribution in [0, 0.1) is 6.92 Å². The Morgan fingerprint density at radius 2 is 1.81 bits per heavy atom. The van der Waals surface area contributed by atoms with E-state index in [-0.39, 0.29) is 38.4 Å². The van der Waals surface area contributed by atoms with Crippen molar-refractivity contribution in [3.8, 4) is 0 Å². The second-order valence-corrected chi connectivity index (χ2v) is 8.75. The van der Waals surface area contributed by atoms with Gasteiger partial charge in [0.05, 0.1) is 23.7 Å². The van der Waals surface area contributed by atoms with Crippen LogP contribution >= 0.6 is 11.6 Å². The van der Waals surface area contributed by atoms with Gasteiger partial charge in [-0.1, -0.05) is 29.8 Å². The van der Waals surface area contributed by atoms with Gasteiger partial charge in [-0.05, 0) is 55.3 Å². The summed E-state index contributed by atoms with van der Waals surface area (Å²) in [6, 6.07) is 15.2. The molecule has 0 aliphatic heterocycles. The third-order valence-corrected chi connectivity index (χ3v) is 5.97. The molecule has 4 aromatic rings. The second-order valence-electron chi connectivity index (χ2n) is 8.31. The van der Waals surface area contributed by atoms with E-state index < -0.39 is 17.2 Å². The molecule has 0 radical (unpaired) electrons. The van der Waals surface area contributed by atoms with Crippen molar-refractivity contribution in [1.82, 2.24) is 14.5 Å². The first-order valence-corrected chi connectivity index (χ1v) is 11.8. The molecule has 0 bridgehead atoms. The van der Waals surface area contributed by atoms with Gasteiger partial charge in [0.1, 0.15) is 12.3 Å². The molecule has 0 atom stereocenters. The molecule has 0 unspecified atom stereocenters. The van der Waals surface area contributed by atoms with E-state index in [0.717, 1.165) is 10.1 Å². The van der Waals surface area contributed by atoms with Crippen LogP contribution < -0.4 is 21.9 Å². The van der Waals surface area contributed by atoms with Gasteiger partial charge in [-0.15, -0.1) is 0 Å². The number of fused-ring (bicyclic) bond motifs is 1. The van der Waals surface area contributed by atoms with Crippen LogP contribution in [-0.4, -0.2) is 20.9 Å². The first kappa shape index (κ1) is 25.0. The van der Waals surface area contributed by atoms with E-state index in [9.17, 15) is 19.2 Å². The number of hydrogen-bond donors (Lipinski definition) is 2. The predicted octanol–water partition coefficient (Wildman–Crippen LogP) is 3.45. The fourth-order valence-electron chi connectivity index (χ4n) is 3.87. The number of hydrogen-bond acceptors (Lipinski definition) is 5. The third-order valence-electron chi connectivity index (χ3n) is 5.73. The molecule has 2 amide bonds. The number of para-hydroxylation sites is 1. The highest BCUT2D eigenvalue weighted by Crippen LogP contribution is 2.20. The third kappa shape index (κ3) is 5.75. The summed E-state index contributed by atoms with van der Waals surface area (Å²) < 4.78 is 7.52. The summed E-state index contributed by atoms with van der Waals surface area (Å²) >= 11 is 6.04. The Balaban J connectivity index is 1.52. The Kier molecular flexibility index (Phi) is 7.70. The minimum Gasteiger partial charge on any atom is -0.467 e. The van der Waals surface area contributed by atoms with Crippen LogP contribution in [0.2, 0.25) is 5.02 Å². The number of rotatable bonds is 9. The number of aromatic nitrogens is 2. The Morgan fingerprint density at radius 1 is 1.00 bits per heavy atom. The van der Waals surface area contributed by atoms with Gasteiger partial charge in [0, 0.05) is 23.7 Å². The van der Waals surface area contributed by atoms with Crippen LogP contribution in [0.5, 0.6) is 0 Å². The molecule has 2 aromatic heterocycles. The van der Waals surface area contributed by atoms with Crippen LogP contribution in [0.1, 0.15) is 24.2 Å². The first-order chi connectivity index (χ1) is 17.3. The smallest absolute Gasteiger partial charge is 0.331 e. The van der Waals surface area contributed by atoms with Crippen LogP contribution in [0.15, 0.2) is 74.9 Å². The zero-order valence-electron chi connectivity index (χ0n) is 19.6. The van der Waals surface area contributed by atoms with Crippen molar-refractivity contribution < 1.29 is 14.0 Å². The predicted molar refractivity (Wildman–Crippen MR) is 137 cm³/mol. The molecular formula is C26H25ClN4O5. The van der Waals surface area contributed by atoms with Gasteiger partial charge >= 0.3 is 5.69 Å². The molecule has 2 heterocycles. The van der Waals surface area contributed by atoms with E-state index in [1.165, 1.54) is 10.8 Å². The van der Waals surface area contributed by atoms with E-state index in [2.05, 4.69) is 10.6 Å². The number of amides is 2. The van der Waals surface area contributed by atoms with Gasteiger partial charge in [-0.2, -0.15) is 0 Å². The molecule has 0 saturated carbocycles. The highest BCUT2D eigenvalue weighted by molar-refractivity contribution is 6.31. The topological polar surface area (TPSA) is 115 Å². The molecule has 2 N–H and O–H groups in total. The lowest BCUT2D eigenvalue weighted by Gasteiger charge is -2.15. The normalized spacial score (nSPS) is 10.9. The number of nitrogens with zero attached hydrogens (tertiary/aromatic N) is 2. The number of anilines is 1. The van der Waals surface area contributed by atoms with E-state index in [1.54, 1.807) is 54.6 Å².